The van der Waals surface area contributed by atoms with Crippen LogP contribution in [0.2, 0.25) is 0 Å². The zero-order valence-corrected chi connectivity index (χ0v) is 13.9. The van der Waals surface area contributed by atoms with Crippen molar-refractivity contribution < 1.29 is 19.4 Å². The van der Waals surface area contributed by atoms with E-state index >= 15 is 0 Å². The van der Waals surface area contributed by atoms with Crippen molar-refractivity contribution in [2.45, 2.75) is 13.8 Å². The van der Waals surface area contributed by atoms with Gasteiger partial charge in [-0.15, -0.1) is 11.3 Å². The molecule has 0 radical (unpaired) electrons. The first-order valence-electron chi connectivity index (χ1n) is 6.95. The van der Waals surface area contributed by atoms with E-state index in [1.54, 1.807) is 21.0 Å². The van der Waals surface area contributed by atoms with Gasteiger partial charge in [0.15, 0.2) is 0 Å². The average molecular weight is 334 g/mol. The average Bonchev–Trinajstić information content (AvgIpc) is 3.02. The van der Waals surface area contributed by atoms with Crippen molar-refractivity contribution in [1.29, 1.82) is 0 Å². The summed E-state index contributed by atoms with van der Waals surface area (Å²) in [5, 5.41) is 12.4. The molecule has 0 saturated carbocycles. The van der Waals surface area contributed by atoms with Gasteiger partial charge in [-0.2, -0.15) is 0 Å². The number of aliphatic carboxylic acids is 1. The lowest BCUT2D eigenvalue weighted by Gasteiger charge is -2.18. The Morgan fingerprint density at radius 3 is 2.52 bits per heavy atom. The highest BCUT2D eigenvalue weighted by molar-refractivity contribution is 7.16. The molecule has 0 aliphatic rings. The maximum absolute atomic E-state index is 12.1. The van der Waals surface area contributed by atoms with Gasteiger partial charge in [0, 0.05) is 12.1 Å². The van der Waals surface area contributed by atoms with E-state index in [0.29, 0.717) is 4.88 Å². The number of benzene rings is 1. The number of hydrogen-bond donors (Lipinski definition) is 2. The van der Waals surface area contributed by atoms with Crippen molar-refractivity contribution in [3.8, 4) is 16.3 Å². The number of amides is 1. The third-order valence-electron chi connectivity index (χ3n) is 3.34. The van der Waals surface area contributed by atoms with E-state index in [1.165, 1.54) is 17.5 Å². The van der Waals surface area contributed by atoms with Crippen LogP contribution in [0.25, 0.3) is 10.6 Å². The maximum Gasteiger partial charge on any atom is 0.310 e. The minimum atomic E-state index is -1.01. The Morgan fingerprint density at radius 2 is 1.96 bits per heavy atom. The molecule has 2 rings (SSSR count). The molecule has 2 aromatic rings. The third-order valence-corrected chi connectivity index (χ3v) is 4.38. The first-order chi connectivity index (χ1) is 10.8. The second kappa shape index (κ2) is 6.78. The number of carbonyl (C=O) groups is 2. The van der Waals surface area contributed by atoms with Crippen LogP contribution in [0.5, 0.6) is 5.75 Å². The molecule has 0 fully saturated rings. The Hall–Kier alpha value is -2.41. The predicted molar refractivity (Wildman–Crippen MR) is 87.9 cm³/mol. The van der Waals surface area contributed by atoms with Gasteiger partial charge in [-0.1, -0.05) is 0 Å². The van der Waals surface area contributed by atoms with Crippen LogP contribution in [0.3, 0.4) is 0 Å². The van der Waals surface area contributed by atoms with Gasteiger partial charge in [-0.25, -0.2) is 4.98 Å². The number of methoxy groups -OCH3 is 1. The molecule has 0 aliphatic carbocycles. The summed E-state index contributed by atoms with van der Waals surface area (Å²) in [5.41, 5.74) is -0.125. The maximum atomic E-state index is 12.1. The number of rotatable bonds is 6. The summed E-state index contributed by atoms with van der Waals surface area (Å²) in [5.74, 6) is -0.531. The highest BCUT2D eigenvalue weighted by Gasteiger charge is 2.28. The predicted octanol–water partition coefficient (Wildman–Crippen LogP) is 2.66. The zero-order valence-electron chi connectivity index (χ0n) is 13.1. The summed E-state index contributed by atoms with van der Waals surface area (Å²) in [6.45, 7) is 3.17. The quantitative estimate of drug-likeness (QED) is 0.848. The summed E-state index contributed by atoms with van der Waals surface area (Å²) in [6.07, 6.45) is 1.49. The second-order valence-electron chi connectivity index (χ2n) is 5.63. The monoisotopic (exact) mass is 334 g/mol. The molecule has 0 spiro atoms. The van der Waals surface area contributed by atoms with E-state index in [9.17, 15) is 9.59 Å². The molecule has 2 N–H and O–H groups in total. The van der Waals surface area contributed by atoms with Gasteiger partial charge in [0.2, 0.25) is 0 Å². The van der Waals surface area contributed by atoms with Crippen LogP contribution in [0.4, 0.5) is 0 Å². The number of nitrogens with zero attached hydrogens (tertiary/aromatic N) is 1. The fraction of sp³-hybridized carbons (Fsp3) is 0.312. The number of carbonyl (C=O) groups excluding carboxylic acids is 1. The van der Waals surface area contributed by atoms with E-state index in [4.69, 9.17) is 9.84 Å². The topological polar surface area (TPSA) is 88.5 Å². The minimum Gasteiger partial charge on any atom is -0.497 e. The highest BCUT2D eigenvalue weighted by Crippen LogP contribution is 2.27. The molecular weight excluding hydrogens is 316 g/mol. The van der Waals surface area contributed by atoms with Gasteiger partial charge in [-0.3, -0.25) is 9.59 Å². The number of thiazole rings is 1. The normalized spacial score (nSPS) is 11.1. The van der Waals surface area contributed by atoms with Gasteiger partial charge >= 0.3 is 5.97 Å². The number of carboxylic acids is 1. The highest BCUT2D eigenvalue weighted by atomic mass is 32.1. The number of hydrogen-bond acceptors (Lipinski definition) is 5. The third kappa shape index (κ3) is 4.07. The Kier molecular flexibility index (Phi) is 5.00. The second-order valence-corrected chi connectivity index (χ2v) is 6.66. The van der Waals surface area contributed by atoms with Crippen molar-refractivity contribution in [2.75, 3.05) is 13.7 Å². The molecule has 23 heavy (non-hydrogen) atoms. The molecule has 1 aromatic carbocycles. The number of aromatic nitrogens is 1. The Balaban J connectivity index is 2.06. The SMILES string of the molecule is COc1ccc(-c2ncc(C(=O)NCC(C)(C)C(=O)O)s2)cc1. The Bertz CT molecular complexity index is 707. The molecule has 1 aromatic heterocycles. The summed E-state index contributed by atoms with van der Waals surface area (Å²) in [4.78, 5) is 27.8. The van der Waals surface area contributed by atoms with E-state index in [2.05, 4.69) is 10.3 Å². The van der Waals surface area contributed by atoms with Crippen LogP contribution in [-0.2, 0) is 4.79 Å². The van der Waals surface area contributed by atoms with Crippen LogP contribution < -0.4 is 10.1 Å². The van der Waals surface area contributed by atoms with Crippen molar-refractivity contribution >= 4 is 23.2 Å². The molecule has 1 heterocycles. The lowest BCUT2D eigenvalue weighted by molar-refractivity contribution is -0.146. The molecule has 6 nitrogen and oxygen atoms in total. The largest absolute Gasteiger partial charge is 0.497 e. The van der Waals surface area contributed by atoms with Crippen molar-refractivity contribution in [1.82, 2.24) is 10.3 Å². The van der Waals surface area contributed by atoms with Gasteiger partial charge in [-0.05, 0) is 38.1 Å². The number of nitrogens with one attached hydrogen (secondary N) is 1. The van der Waals surface area contributed by atoms with Crippen molar-refractivity contribution in [2.24, 2.45) is 5.41 Å². The van der Waals surface area contributed by atoms with Gasteiger partial charge in [0.1, 0.15) is 15.6 Å². The standard InChI is InChI=1S/C16H18N2O4S/c1-16(2,15(20)21)9-18-13(19)12-8-17-14(23-12)10-4-6-11(22-3)7-5-10/h4-8H,9H2,1-3H3,(H,18,19)(H,20,21). The molecule has 0 aliphatic heterocycles. The smallest absolute Gasteiger partial charge is 0.310 e. The molecule has 0 saturated heterocycles. The molecule has 1 amide bonds. The number of ether oxygens (including phenoxy) is 1. The first-order valence-corrected chi connectivity index (χ1v) is 7.77. The van der Waals surface area contributed by atoms with Crippen LogP contribution >= 0.6 is 11.3 Å². The molecule has 7 heteroatoms. The van der Waals surface area contributed by atoms with Crippen LogP contribution in [0.15, 0.2) is 30.5 Å². The van der Waals surface area contributed by atoms with E-state index < -0.39 is 11.4 Å². The fourth-order valence-electron chi connectivity index (χ4n) is 1.71. The molecule has 0 bridgehead atoms. The number of carboxylic acid groups (broad SMARTS) is 1. The van der Waals surface area contributed by atoms with Gasteiger partial charge in [0.05, 0.1) is 18.7 Å². The van der Waals surface area contributed by atoms with E-state index in [-0.39, 0.29) is 12.5 Å². The van der Waals surface area contributed by atoms with E-state index in [0.717, 1.165) is 16.3 Å². The summed E-state index contributed by atoms with van der Waals surface area (Å²) < 4.78 is 5.10. The summed E-state index contributed by atoms with van der Waals surface area (Å²) >= 11 is 1.26. The Labute approximate surface area is 138 Å². The zero-order chi connectivity index (χ0) is 17.0. The van der Waals surface area contributed by atoms with Crippen molar-refractivity contribution in [3.05, 3.63) is 35.3 Å². The van der Waals surface area contributed by atoms with Crippen LogP contribution in [-0.4, -0.2) is 35.6 Å². The summed E-state index contributed by atoms with van der Waals surface area (Å²) in [7, 11) is 1.60. The molecular formula is C16H18N2O4S. The molecule has 0 unspecified atom stereocenters. The van der Waals surface area contributed by atoms with Crippen LogP contribution in [0, 0.1) is 5.41 Å². The lowest BCUT2D eigenvalue weighted by atomic mass is 9.94. The minimum absolute atomic E-state index is 0.0525. The van der Waals surface area contributed by atoms with Crippen molar-refractivity contribution in [3.63, 3.8) is 0 Å². The van der Waals surface area contributed by atoms with Gasteiger partial charge < -0.3 is 15.2 Å². The molecule has 122 valence electrons. The Morgan fingerprint density at radius 1 is 1.30 bits per heavy atom. The lowest BCUT2D eigenvalue weighted by Crippen LogP contribution is -2.38. The van der Waals surface area contributed by atoms with Crippen LogP contribution in [0.1, 0.15) is 23.5 Å². The molecule has 0 atom stereocenters. The van der Waals surface area contributed by atoms with Gasteiger partial charge in [0.25, 0.3) is 5.91 Å². The van der Waals surface area contributed by atoms with E-state index in [1.807, 2.05) is 24.3 Å². The first kappa shape index (κ1) is 17.0. The fourth-order valence-corrected chi connectivity index (χ4v) is 2.55. The summed E-state index contributed by atoms with van der Waals surface area (Å²) in [6, 6.07) is 7.39.